The van der Waals surface area contributed by atoms with E-state index in [9.17, 15) is 38.4 Å². The number of nitrogens with zero attached hydrogens (tertiary/aromatic N) is 4. The molecular weight excluding hydrogens is 933 g/mol. The van der Waals surface area contributed by atoms with Crippen molar-refractivity contribution in [2.24, 2.45) is 10.8 Å². The predicted octanol–water partition coefficient (Wildman–Crippen LogP) is 1.74. The molecule has 5 aliphatic heterocycles. The lowest BCUT2D eigenvalue weighted by atomic mass is 9.83. The molecule has 0 bridgehead atoms. The van der Waals surface area contributed by atoms with Crippen molar-refractivity contribution >= 4 is 70.8 Å². The first kappa shape index (κ1) is 52.6. The van der Waals surface area contributed by atoms with Gasteiger partial charge in [0, 0.05) is 26.2 Å². The number of piperazine rings is 1. The molecule has 70 heavy (non-hydrogen) atoms. The number of thioether (sulfide) groups is 2. The third-order valence-electron chi connectivity index (χ3n) is 14.6. The first-order chi connectivity index (χ1) is 33.3. The summed E-state index contributed by atoms with van der Waals surface area (Å²) in [6, 6.07) is 11.1. The van der Waals surface area contributed by atoms with Gasteiger partial charge >= 0.3 is 0 Å². The van der Waals surface area contributed by atoms with Crippen LogP contribution in [0.1, 0.15) is 90.4 Å². The number of carbonyl (C=O) groups is 8. The second-order valence-corrected chi connectivity index (χ2v) is 23.0. The Morgan fingerprint density at radius 1 is 0.571 bits per heavy atom. The quantitative estimate of drug-likeness (QED) is 0.160. The minimum atomic E-state index is -1.11. The molecule has 0 radical (unpaired) electrons. The fraction of sp³-hybridized carbons (Fsp3) is 0.600. The minimum absolute atomic E-state index is 0.139. The van der Waals surface area contributed by atoms with Crippen molar-refractivity contribution in [1.82, 2.24) is 51.5 Å². The molecule has 20 heteroatoms. The van der Waals surface area contributed by atoms with Crippen LogP contribution >= 0.6 is 23.5 Å². The zero-order valence-corrected chi connectivity index (χ0v) is 43.1. The van der Waals surface area contributed by atoms with E-state index in [-0.39, 0.29) is 72.4 Å². The number of rotatable bonds is 14. The summed E-state index contributed by atoms with van der Waals surface area (Å²) in [5.41, 5.74) is -0.212. The Morgan fingerprint density at radius 3 is 1.24 bits per heavy atom. The molecule has 6 N–H and O–H groups in total. The lowest BCUT2D eigenvalue weighted by Gasteiger charge is -2.39. The summed E-state index contributed by atoms with van der Waals surface area (Å²) in [7, 11) is 3.34. The Balaban J connectivity index is 1.06. The molecule has 0 saturated carbocycles. The van der Waals surface area contributed by atoms with E-state index in [1.807, 2.05) is 39.8 Å². The molecule has 2 aromatic rings. The maximum Gasteiger partial charge on any atom is 0.249 e. The Morgan fingerprint density at radius 2 is 0.914 bits per heavy atom. The highest BCUT2D eigenvalue weighted by Crippen LogP contribution is 2.48. The zero-order valence-electron chi connectivity index (χ0n) is 41.5. The van der Waals surface area contributed by atoms with Crippen molar-refractivity contribution in [3.63, 3.8) is 0 Å². The van der Waals surface area contributed by atoms with Crippen molar-refractivity contribution in [2.45, 2.75) is 126 Å². The second-order valence-electron chi connectivity index (χ2n) is 20.4. The van der Waals surface area contributed by atoms with Crippen molar-refractivity contribution in [3.8, 4) is 0 Å². The Kier molecular flexibility index (Phi) is 16.6. The molecule has 10 atom stereocenters. The summed E-state index contributed by atoms with van der Waals surface area (Å²) in [6.07, 6.45) is 1.93. The molecule has 2 unspecified atom stereocenters. The molecule has 5 fully saturated rings. The highest BCUT2D eigenvalue weighted by atomic mass is 32.2. The second kappa shape index (κ2) is 22.1. The van der Waals surface area contributed by atoms with Crippen molar-refractivity contribution < 1.29 is 38.4 Å². The van der Waals surface area contributed by atoms with Crippen LogP contribution in [0, 0.1) is 10.8 Å². The van der Waals surface area contributed by atoms with E-state index in [0.29, 0.717) is 48.3 Å². The first-order valence-corrected chi connectivity index (χ1v) is 26.5. The largest absolute Gasteiger partial charge is 0.343 e. The van der Waals surface area contributed by atoms with Gasteiger partial charge in [-0.05, 0) is 87.1 Å². The van der Waals surface area contributed by atoms with Crippen LogP contribution in [-0.2, 0) is 38.4 Å². The summed E-state index contributed by atoms with van der Waals surface area (Å²) in [4.78, 5) is 120. The maximum atomic E-state index is 14.7. The molecule has 0 aromatic heterocycles. The number of amides is 8. The van der Waals surface area contributed by atoms with Crippen molar-refractivity contribution in [2.75, 3.05) is 51.8 Å². The van der Waals surface area contributed by atoms with E-state index in [4.69, 9.17) is 0 Å². The van der Waals surface area contributed by atoms with Crippen LogP contribution in [0.25, 0.3) is 0 Å². The van der Waals surface area contributed by atoms with Crippen LogP contribution in [0.4, 0.5) is 0 Å². The van der Waals surface area contributed by atoms with E-state index in [1.54, 1.807) is 120 Å². The van der Waals surface area contributed by atoms with E-state index in [1.165, 1.54) is 0 Å². The van der Waals surface area contributed by atoms with Crippen LogP contribution in [0.5, 0.6) is 0 Å². The summed E-state index contributed by atoms with van der Waals surface area (Å²) in [6.45, 7) is 11.8. The van der Waals surface area contributed by atoms with E-state index in [0.717, 1.165) is 0 Å². The van der Waals surface area contributed by atoms with Crippen LogP contribution in [0.3, 0.4) is 0 Å². The average molecular weight is 1000 g/mol. The zero-order chi connectivity index (χ0) is 50.7. The topological polar surface area (TPSA) is 222 Å². The van der Waals surface area contributed by atoms with Gasteiger partial charge in [-0.2, -0.15) is 0 Å². The Hall–Kier alpha value is -5.18. The molecule has 5 heterocycles. The average Bonchev–Trinajstić information content (AvgIpc) is 3.67. The number of fused-ring (bicyclic) bond motifs is 2. The summed E-state index contributed by atoms with van der Waals surface area (Å²) < 4.78 is 0. The number of nitrogens with one attached hydrogen (secondary N) is 6. The Labute approximate surface area is 419 Å². The fourth-order valence-corrected chi connectivity index (χ4v) is 13.5. The van der Waals surface area contributed by atoms with Gasteiger partial charge in [-0.15, -0.1) is 23.5 Å². The highest BCUT2D eigenvalue weighted by molar-refractivity contribution is 8.00. The number of carbonyl (C=O) groups excluding carboxylic acids is 8. The summed E-state index contributed by atoms with van der Waals surface area (Å²) in [5, 5.41) is 17.1. The van der Waals surface area contributed by atoms with Gasteiger partial charge in [0.05, 0.1) is 22.8 Å². The fourth-order valence-electron chi connectivity index (χ4n) is 10.4. The summed E-state index contributed by atoms with van der Waals surface area (Å²) in [5.74, 6) is -1.74. The predicted molar refractivity (Wildman–Crippen MR) is 269 cm³/mol. The van der Waals surface area contributed by atoms with Crippen LogP contribution in [0.2, 0.25) is 0 Å². The standard InChI is InChI=1S/C50H70N10O8S2/c1-29(51-7)41(61)53-33-19-25-69-35-27-49(3,4)39(59(35)45(33)65)43(63)55-37(31-15-11-9-12-16-31)47(67)57-21-23-58(24-22-57)48(68)38(32-17-13-10-14-18-32)56-44(64)40-50(5,6)28-36-60(40)46(66)34(20-26-70-36)54-42(62)30(2)52-8/h9-18,29-30,33-40,51-52H,19-28H2,1-8H3,(H,53,61)(H,54,62)(H,55,63)(H,56,64)/t29-,30+,33-,34-,35?,36?,37+,38-,39+,40+/m0/s1. The van der Waals surface area contributed by atoms with Gasteiger partial charge in [-0.25, -0.2) is 0 Å². The third kappa shape index (κ3) is 11.1. The smallest absolute Gasteiger partial charge is 0.249 e. The molecule has 0 aliphatic carbocycles. The van der Waals surface area contributed by atoms with Gasteiger partial charge in [0.1, 0.15) is 36.3 Å². The molecule has 0 spiro atoms. The lowest BCUT2D eigenvalue weighted by Crippen LogP contribution is -2.60. The van der Waals surface area contributed by atoms with E-state index in [2.05, 4.69) is 31.9 Å². The molecule has 380 valence electrons. The molecular formula is C50H70N10O8S2. The normalized spacial score (nSPS) is 26.9. The highest BCUT2D eigenvalue weighted by Gasteiger charge is 2.56. The van der Waals surface area contributed by atoms with Gasteiger partial charge in [-0.1, -0.05) is 88.4 Å². The van der Waals surface area contributed by atoms with E-state index < -0.39 is 71.0 Å². The monoisotopic (exact) mass is 1000 g/mol. The number of hydrogen-bond acceptors (Lipinski definition) is 12. The van der Waals surface area contributed by atoms with Crippen LogP contribution in [-0.4, -0.2) is 166 Å². The molecule has 18 nitrogen and oxygen atoms in total. The molecule has 5 saturated heterocycles. The first-order valence-electron chi connectivity index (χ1n) is 24.4. The molecule has 2 aromatic carbocycles. The third-order valence-corrected chi connectivity index (χ3v) is 17.1. The van der Waals surface area contributed by atoms with Gasteiger partial charge in [0.15, 0.2) is 0 Å². The van der Waals surface area contributed by atoms with Gasteiger partial charge in [0.2, 0.25) is 47.3 Å². The lowest BCUT2D eigenvalue weighted by molar-refractivity contribution is -0.147. The number of likely N-dealkylation sites (N-methyl/N-ethyl adjacent to an activating group) is 2. The van der Waals surface area contributed by atoms with Gasteiger partial charge in [0.25, 0.3) is 0 Å². The van der Waals surface area contributed by atoms with Crippen LogP contribution in [0.15, 0.2) is 60.7 Å². The SMILES string of the molecule is CN[C@@H](C)C(=O)N[C@H]1CCSC2CC(C)(C)[C@@H](C(=O)N[C@@H](C(=O)N3CCN(C(=O)[C@@H](NC(=O)[C@H]4N5C(=O)[C@@H](NC(=O)[C@@H](C)NC)CCSC5CC4(C)C)c4ccccc4)CC3)c3ccccc3)N2C1=O. The number of hydrogen-bond donors (Lipinski definition) is 6. The minimum Gasteiger partial charge on any atom is -0.343 e. The van der Waals surface area contributed by atoms with Crippen LogP contribution < -0.4 is 31.9 Å². The summed E-state index contributed by atoms with van der Waals surface area (Å²) >= 11 is 3.18. The Bertz CT molecular complexity index is 2120. The molecule has 8 amide bonds. The van der Waals surface area contributed by atoms with Gasteiger partial charge < -0.3 is 51.5 Å². The van der Waals surface area contributed by atoms with Crippen molar-refractivity contribution in [3.05, 3.63) is 71.8 Å². The maximum absolute atomic E-state index is 14.7. The molecule has 5 aliphatic rings. The number of benzene rings is 2. The molecule has 7 rings (SSSR count). The van der Waals surface area contributed by atoms with Gasteiger partial charge in [-0.3, -0.25) is 38.4 Å². The van der Waals surface area contributed by atoms with E-state index >= 15 is 0 Å². The van der Waals surface area contributed by atoms with Crippen molar-refractivity contribution in [1.29, 1.82) is 0 Å².